The second-order valence-electron chi connectivity index (χ2n) is 10.8. The molecule has 1 amide bonds. The second-order valence-corrected chi connectivity index (χ2v) is 12.0. The Kier molecular flexibility index (Phi) is 4.58. The van der Waals surface area contributed by atoms with Crippen molar-refractivity contribution < 1.29 is 14.6 Å². The molecule has 0 unspecified atom stereocenters. The summed E-state index contributed by atoms with van der Waals surface area (Å²) in [5, 5.41) is 14.1. The first-order valence-electron chi connectivity index (χ1n) is 12.4. The number of halogens is 1. The third-order valence-corrected chi connectivity index (χ3v) is 9.70. The Morgan fingerprint density at radius 1 is 1.21 bits per heavy atom. The fourth-order valence-corrected chi connectivity index (χ4v) is 8.06. The number of hydrogen-bond acceptors (Lipinski definition) is 4. The highest BCUT2D eigenvalue weighted by Gasteiger charge is 2.66. The summed E-state index contributed by atoms with van der Waals surface area (Å²) in [6.45, 7) is 2.32. The van der Waals surface area contributed by atoms with Gasteiger partial charge in [0.2, 0.25) is 0 Å². The van der Waals surface area contributed by atoms with Crippen LogP contribution in [0.3, 0.4) is 0 Å². The SMILES string of the molecule is O=C(N[C@@H]1CC[C@H]2[C@H]3Cc4ccc(O)c5c4[C@@]2(CCN3CC2CC2)[C@H]1O5)c1cccc(I)c1. The molecule has 33 heavy (non-hydrogen) atoms. The summed E-state index contributed by atoms with van der Waals surface area (Å²) >= 11 is 2.25. The lowest BCUT2D eigenvalue weighted by Gasteiger charge is -2.59. The van der Waals surface area contributed by atoms with Gasteiger partial charge in [0.25, 0.3) is 5.91 Å². The molecule has 2 aromatic rings. The average Bonchev–Trinajstić information content (AvgIpc) is 3.55. The Bertz CT molecular complexity index is 1150. The molecule has 2 aromatic carbocycles. The van der Waals surface area contributed by atoms with E-state index in [1.807, 2.05) is 30.3 Å². The number of ether oxygens (including phenoxy) is 1. The minimum atomic E-state index is -0.115. The molecule has 2 aliphatic heterocycles. The molecule has 2 heterocycles. The van der Waals surface area contributed by atoms with Crippen LogP contribution in [0.25, 0.3) is 0 Å². The van der Waals surface area contributed by atoms with Gasteiger partial charge in [0.15, 0.2) is 11.5 Å². The molecule has 1 spiro atoms. The highest BCUT2D eigenvalue weighted by atomic mass is 127. The molecule has 3 fully saturated rings. The fourth-order valence-electron chi connectivity index (χ4n) is 7.51. The monoisotopic (exact) mass is 556 g/mol. The number of phenolic OH excluding ortho intramolecular Hbond substituents is 1. The van der Waals surface area contributed by atoms with Gasteiger partial charge in [-0.1, -0.05) is 12.1 Å². The third kappa shape index (κ3) is 3.02. The standard InChI is InChI=1S/C27H29IN2O3/c28-18-3-1-2-17(12-18)26(32)29-20-8-7-19-21-13-16-6-9-22(31)24-23(16)27(19,25(20)33-24)10-11-30(21)14-15-4-5-15/h1-3,6,9,12,15,19-21,25,31H,4-5,7-8,10-11,13-14H2,(H,29,32)/t19-,20+,21+,25-,27-/m0/s1. The van der Waals surface area contributed by atoms with Crippen LogP contribution in [0.1, 0.15) is 53.6 Å². The van der Waals surface area contributed by atoms with E-state index in [0.29, 0.717) is 23.3 Å². The number of nitrogens with zero attached hydrogens (tertiary/aromatic N) is 1. The van der Waals surface area contributed by atoms with Crippen LogP contribution in [0.5, 0.6) is 11.5 Å². The molecule has 6 heteroatoms. The summed E-state index contributed by atoms with van der Waals surface area (Å²) in [7, 11) is 0. The van der Waals surface area contributed by atoms with E-state index >= 15 is 0 Å². The Morgan fingerprint density at radius 3 is 2.91 bits per heavy atom. The Hall–Kier alpha value is -1.80. The third-order valence-electron chi connectivity index (χ3n) is 9.03. The van der Waals surface area contributed by atoms with Gasteiger partial charge in [-0.05, 0) is 109 Å². The van der Waals surface area contributed by atoms with Gasteiger partial charge in [-0.25, -0.2) is 0 Å². The maximum absolute atomic E-state index is 13.2. The number of benzene rings is 2. The Labute approximate surface area is 208 Å². The van der Waals surface area contributed by atoms with Crippen molar-refractivity contribution in [1.82, 2.24) is 10.2 Å². The minimum Gasteiger partial charge on any atom is -0.504 e. The zero-order valence-electron chi connectivity index (χ0n) is 18.6. The average molecular weight is 556 g/mol. The Balaban J connectivity index is 1.26. The quantitative estimate of drug-likeness (QED) is 0.554. The van der Waals surface area contributed by atoms with Gasteiger partial charge in [0, 0.05) is 32.7 Å². The topological polar surface area (TPSA) is 61.8 Å². The maximum atomic E-state index is 13.2. The van der Waals surface area contributed by atoms with Crippen LogP contribution in [-0.4, -0.2) is 47.2 Å². The number of piperidine rings is 1. The number of carbonyl (C=O) groups excluding carboxylic acids is 1. The molecule has 7 rings (SSSR count). The lowest BCUT2D eigenvalue weighted by Crippen LogP contribution is -2.69. The normalized spacial score (nSPS) is 33.8. The first-order valence-corrected chi connectivity index (χ1v) is 13.4. The number of nitrogens with one attached hydrogen (secondary N) is 1. The van der Waals surface area contributed by atoms with E-state index in [-0.39, 0.29) is 29.2 Å². The van der Waals surface area contributed by atoms with Crippen molar-refractivity contribution in [2.45, 2.75) is 62.1 Å². The second kappa shape index (κ2) is 7.35. The van der Waals surface area contributed by atoms with Crippen LogP contribution in [-0.2, 0) is 11.8 Å². The Morgan fingerprint density at radius 2 is 2.09 bits per heavy atom. The van der Waals surface area contributed by atoms with Crippen molar-refractivity contribution >= 4 is 28.5 Å². The molecule has 172 valence electrons. The van der Waals surface area contributed by atoms with Gasteiger partial charge in [-0.2, -0.15) is 0 Å². The number of phenols is 1. The summed E-state index contributed by atoms with van der Waals surface area (Å²) in [6, 6.07) is 12.2. The lowest BCUT2D eigenvalue weighted by molar-refractivity contribution is -0.0647. The van der Waals surface area contributed by atoms with Crippen LogP contribution in [0.15, 0.2) is 36.4 Å². The van der Waals surface area contributed by atoms with E-state index in [4.69, 9.17) is 4.74 Å². The van der Waals surface area contributed by atoms with Gasteiger partial charge >= 0.3 is 0 Å². The summed E-state index contributed by atoms with van der Waals surface area (Å²) in [6.07, 6.45) is 6.76. The van der Waals surface area contributed by atoms with Crippen molar-refractivity contribution in [2.75, 3.05) is 13.1 Å². The van der Waals surface area contributed by atoms with Crippen LogP contribution >= 0.6 is 22.6 Å². The predicted octanol–water partition coefficient (Wildman–Crippen LogP) is 4.24. The molecule has 5 nitrogen and oxygen atoms in total. The smallest absolute Gasteiger partial charge is 0.251 e. The molecule has 5 aliphatic rings. The summed E-state index contributed by atoms with van der Waals surface area (Å²) in [4.78, 5) is 15.9. The van der Waals surface area contributed by atoms with Gasteiger partial charge < -0.3 is 15.2 Å². The van der Waals surface area contributed by atoms with Crippen LogP contribution < -0.4 is 10.1 Å². The molecule has 0 radical (unpaired) electrons. The number of hydrogen-bond donors (Lipinski definition) is 2. The molecule has 0 aromatic heterocycles. The highest BCUT2D eigenvalue weighted by Crippen LogP contribution is 2.64. The number of amides is 1. The fraction of sp³-hybridized carbons (Fsp3) is 0.519. The molecular weight excluding hydrogens is 527 g/mol. The van der Waals surface area contributed by atoms with Crippen LogP contribution in [0.4, 0.5) is 0 Å². The molecule has 2 saturated carbocycles. The molecule has 3 aliphatic carbocycles. The molecule has 1 saturated heterocycles. The van der Waals surface area contributed by atoms with Crippen LogP contribution in [0.2, 0.25) is 0 Å². The van der Waals surface area contributed by atoms with Crippen molar-refractivity contribution in [1.29, 1.82) is 0 Å². The first-order chi connectivity index (χ1) is 16.0. The van der Waals surface area contributed by atoms with Crippen molar-refractivity contribution in [3.8, 4) is 11.5 Å². The van der Waals surface area contributed by atoms with Crippen molar-refractivity contribution in [3.05, 3.63) is 56.7 Å². The van der Waals surface area contributed by atoms with Gasteiger partial charge in [0.05, 0.1) is 6.04 Å². The zero-order valence-corrected chi connectivity index (χ0v) is 20.8. The van der Waals surface area contributed by atoms with E-state index in [2.05, 4.69) is 38.9 Å². The van der Waals surface area contributed by atoms with Gasteiger partial charge in [0.1, 0.15) is 6.10 Å². The first kappa shape index (κ1) is 20.6. The number of likely N-dealkylation sites (tertiary alicyclic amines) is 1. The van der Waals surface area contributed by atoms with Gasteiger partial charge in [-0.15, -0.1) is 0 Å². The van der Waals surface area contributed by atoms with E-state index in [9.17, 15) is 9.90 Å². The molecule has 5 atom stereocenters. The molecule has 2 bridgehead atoms. The number of carbonyl (C=O) groups is 1. The number of rotatable bonds is 4. The molecule has 2 N–H and O–H groups in total. The molecular formula is C27H29IN2O3. The lowest BCUT2D eigenvalue weighted by atomic mass is 9.51. The summed E-state index contributed by atoms with van der Waals surface area (Å²) < 4.78 is 7.68. The van der Waals surface area contributed by atoms with Crippen LogP contribution in [0, 0.1) is 15.4 Å². The summed E-state index contributed by atoms with van der Waals surface area (Å²) in [5.74, 6) is 2.31. The van der Waals surface area contributed by atoms with E-state index in [0.717, 1.165) is 41.7 Å². The largest absolute Gasteiger partial charge is 0.504 e. The zero-order chi connectivity index (χ0) is 22.3. The van der Waals surface area contributed by atoms with Gasteiger partial charge in [-0.3, -0.25) is 9.69 Å². The maximum Gasteiger partial charge on any atom is 0.251 e. The van der Waals surface area contributed by atoms with E-state index < -0.39 is 0 Å². The van der Waals surface area contributed by atoms with Crippen molar-refractivity contribution in [3.63, 3.8) is 0 Å². The van der Waals surface area contributed by atoms with E-state index in [1.165, 1.54) is 30.5 Å². The van der Waals surface area contributed by atoms with E-state index in [1.54, 1.807) is 0 Å². The number of aromatic hydroxyl groups is 1. The predicted molar refractivity (Wildman–Crippen MR) is 134 cm³/mol. The highest BCUT2D eigenvalue weighted by molar-refractivity contribution is 14.1. The minimum absolute atomic E-state index is 0.0316. The van der Waals surface area contributed by atoms with Crippen molar-refractivity contribution in [2.24, 2.45) is 11.8 Å². The summed E-state index contributed by atoms with van der Waals surface area (Å²) in [5.41, 5.74) is 3.19.